The van der Waals surface area contributed by atoms with E-state index in [9.17, 15) is 4.79 Å². The number of carbonyl (C=O) groups excluding carboxylic acids is 1. The van der Waals surface area contributed by atoms with Crippen LogP contribution in [-0.4, -0.2) is 10.9 Å². The maximum Gasteiger partial charge on any atom is 0.267 e. The van der Waals surface area contributed by atoms with Crippen LogP contribution in [0.1, 0.15) is 34.3 Å². The fourth-order valence-electron chi connectivity index (χ4n) is 3.30. The molecule has 1 amide bonds. The normalized spacial score (nSPS) is 16.6. The quantitative estimate of drug-likeness (QED) is 0.672. The number of aromatic nitrogens is 1. The minimum absolute atomic E-state index is 0.228. The number of anilines is 2. The van der Waals surface area contributed by atoms with E-state index < -0.39 is 0 Å². The lowest BCUT2D eigenvalue weighted by Gasteiger charge is -2.20. The van der Waals surface area contributed by atoms with Crippen molar-refractivity contribution in [3.8, 4) is 0 Å². The molecule has 0 spiro atoms. The Hall–Kier alpha value is -2.11. The second-order valence-corrected chi connectivity index (χ2v) is 8.04. The van der Waals surface area contributed by atoms with Gasteiger partial charge in [0.2, 0.25) is 0 Å². The molecule has 0 saturated heterocycles. The minimum Gasteiger partial charge on any atom is -0.397 e. The van der Waals surface area contributed by atoms with Crippen molar-refractivity contribution in [3.63, 3.8) is 0 Å². The van der Waals surface area contributed by atoms with E-state index in [0.29, 0.717) is 27.2 Å². The number of amides is 1. The molecule has 3 aromatic rings. The molecule has 25 heavy (non-hydrogen) atoms. The summed E-state index contributed by atoms with van der Waals surface area (Å²) in [5, 5.41) is 4.31. The van der Waals surface area contributed by atoms with Crippen molar-refractivity contribution in [1.29, 1.82) is 0 Å². The number of benzene rings is 1. The van der Waals surface area contributed by atoms with Crippen LogP contribution >= 0.6 is 22.9 Å². The highest BCUT2D eigenvalue weighted by Gasteiger charge is 2.22. The van der Waals surface area contributed by atoms with Crippen molar-refractivity contribution in [2.45, 2.75) is 26.2 Å². The minimum atomic E-state index is -0.228. The molecular weight excluding hydrogens is 354 g/mol. The topological polar surface area (TPSA) is 68.0 Å². The molecule has 2 aromatic heterocycles. The van der Waals surface area contributed by atoms with Gasteiger partial charge < -0.3 is 11.1 Å². The van der Waals surface area contributed by atoms with E-state index >= 15 is 0 Å². The van der Waals surface area contributed by atoms with Crippen LogP contribution in [0.2, 0.25) is 5.02 Å². The highest BCUT2D eigenvalue weighted by atomic mass is 35.5. The summed E-state index contributed by atoms with van der Waals surface area (Å²) in [4.78, 5) is 18.7. The third-order valence-electron chi connectivity index (χ3n) is 4.62. The van der Waals surface area contributed by atoms with Crippen molar-refractivity contribution in [2.75, 3.05) is 11.1 Å². The van der Waals surface area contributed by atoms with Crippen molar-refractivity contribution in [3.05, 3.63) is 51.5 Å². The Morgan fingerprint density at radius 3 is 3.04 bits per heavy atom. The third kappa shape index (κ3) is 3.10. The van der Waals surface area contributed by atoms with Gasteiger partial charge in [0, 0.05) is 21.8 Å². The molecule has 0 aliphatic heterocycles. The van der Waals surface area contributed by atoms with Crippen LogP contribution in [0.5, 0.6) is 0 Å². The van der Waals surface area contributed by atoms with Gasteiger partial charge in [-0.15, -0.1) is 11.3 Å². The average molecular weight is 372 g/mol. The highest BCUT2D eigenvalue weighted by Crippen LogP contribution is 2.36. The summed E-state index contributed by atoms with van der Waals surface area (Å²) < 4.78 is 0. The predicted octanol–water partition coefficient (Wildman–Crippen LogP) is 4.91. The van der Waals surface area contributed by atoms with Crippen molar-refractivity contribution in [2.24, 2.45) is 5.92 Å². The molecular formula is C19H18ClN3OS. The molecule has 6 heteroatoms. The number of hydrogen-bond donors (Lipinski definition) is 2. The van der Waals surface area contributed by atoms with Gasteiger partial charge in [-0.1, -0.05) is 24.6 Å². The monoisotopic (exact) mass is 371 g/mol. The molecule has 1 unspecified atom stereocenters. The zero-order valence-corrected chi connectivity index (χ0v) is 15.4. The molecule has 1 atom stereocenters. The van der Waals surface area contributed by atoms with E-state index in [4.69, 9.17) is 22.3 Å². The van der Waals surface area contributed by atoms with Crippen LogP contribution in [0.25, 0.3) is 10.2 Å². The van der Waals surface area contributed by atoms with Crippen molar-refractivity contribution in [1.82, 2.24) is 4.98 Å². The summed E-state index contributed by atoms with van der Waals surface area (Å²) >= 11 is 7.32. The lowest BCUT2D eigenvalue weighted by Crippen LogP contribution is -2.12. The number of thiophene rings is 1. The molecule has 0 saturated carbocycles. The summed E-state index contributed by atoms with van der Waals surface area (Å²) in [5.41, 5.74) is 9.84. The fourth-order valence-corrected chi connectivity index (χ4v) is 4.48. The summed E-state index contributed by atoms with van der Waals surface area (Å²) in [6.07, 6.45) is 3.18. The summed E-state index contributed by atoms with van der Waals surface area (Å²) in [7, 11) is 0. The number of pyridine rings is 1. The van der Waals surface area contributed by atoms with Crippen LogP contribution in [0.4, 0.5) is 11.4 Å². The molecule has 1 aliphatic rings. The molecule has 2 heterocycles. The first kappa shape index (κ1) is 16.4. The fraction of sp³-hybridized carbons (Fsp3) is 0.263. The van der Waals surface area contributed by atoms with Gasteiger partial charge in [-0.05, 0) is 55.0 Å². The third-order valence-corrected chi connectivity index (χ3v) is 5.97. The SMILES string of the molecule is CC1CCc2nc3sc(C(=O)Nc4cccc(Cl)c4)c(N)c3cc2C1. The van der Waals surface area contributed by atoms with Gasteiger partial charge in [0.25, 0.3) is 5.91 Å². The van der Waals surface area contributed by atoms with Gasteiger partial charge in [-0.3, -0.25) is 4.79 Å². The first-order chi connectivity index (χ1) is 12.0. The number of fused-ring (bicyclic) bond motifs is 2. The lowest BCUT2D eigenvalue weighted by molar-refractivity contribution is 0.103. The number of nitrogens with two attached hydrogens (primary N) is 1. The smallest absolute Gasteiger partial charge is 0.267 e. The molecule has 1 aromatic carbocycles. The standard InChI is InChI=1S/C19H18ClN3OS/c1-10-5-6-15-11(7-10)8-14-16(21)17(25-19(14)23-15)18(24)22-13-4-2-3-12(20)9-13/h2-4,8-10H,5-7,21H2,1H3,(H,22,24). The van der Waals surface area contributed by atoms with Gasteiger partial charge in [0.1, 0.15) is 9.71 Å². The van der Waals surface area contributed by atoms with E-state index in [1.54, 1.807) is 24.3 Å². The number of hydrogen-bond acceptors (Lipinski definition) is 4. The Morgan fingerprint density at radius 1 is 1.40 bits per heavy atom. The molecule has 4 rings (SSSR count). The largest absolute Gasteiger partial charge is 0.397 e. The number of rotatable bonds is 2. The van der Waals surface area contributed by atoms with E-state index in [1.165, 1.54) is 16.9 Å². The molecule has 0 bridgehead atoms. The predicted molar refractivity (Wildman–Crippen MR) is 105 cm³/mol. The number of nitrogens with zero attached hydrogens (tertiary/aromatic N) is 1. The van der Waals surface area contributed by atoms with Crippen molar-refractivity contribution >= 4 is 50.4 Å². The Bertz CT molecular complexity index is 982. The molecule has 128 valence electrons. The Kier molecular flexibility index (Phi) is 4.13. The van der Waals surface area contributed by atoms with Crippen LogP contribution in [0, 0.1) is 5.92 Å². The maximum absolute atomic E-state index is 12.6. The molecule has 0 fully saturated rings. The average Bonchev–Trinajstić information content (AvgIpc) is 2.89. The molecule has 4 nitrogen and oxygen atoms in total. The van der Waals surface area contributed by atoms with Crippen LogP contribution < -0.4 is 11.1 Å². The first-order valence-electron chi connectivity index (χ1n) is 8.29. The van der Waals surface area contributed by atoms with Crippen LogP contribution in [0.15, 0.2) is 30.3 Å². The van der Waals surface area contributed by atoms with Gasteiger partial charge in [-0.2, -0.15) is 0 Å². The Morgan fingerprint density at radius 2 is 2.24 bits per heavy atom. The number of nitrogens with one attached hydrogen (secondary N) is 1. The number of aryl methyl sites for hydroxylation is 1. The number of nitrogen functional groups attached to an aromatic ring is 1. The zero-order valence-electron chi connectivity index (χ0n) is 13.8. The second-order valence-electron chi connectivity index (χ2n) is 6.60. The van der Waals surface area contributed by atoms with Gasteiger partial charge >= 0.3 is 0 Å². The molecule has 3 N–H and O–H groups in total. The van der Waals surface area contributed by atoms with Crippen LogP contribution in [-0.2, 0) is 12.8 Å². The second kappa shape index (κ2) is 6.32. The van der Waals surface area contributed by atoms with E-state index in [1.807, 2.05) is 0 Å². The Balaban J connectivity index is 1.70. The molecule has 1 aliphatic carbocycles. The Labute approximate surface area is 155 Å². The van der Waals surface area contributed by atoms with E-state index in [0.717, 1.165) is 35.2 Å². The zero-order chi connectivity index (χ0) is 17.6. The van der Waals surface area contributed by atoms with Gasteiger partial charge in [0.15, 0.2) is 0 Å². The van der Waals surface area contributed by atoms with E-state index in [2.05, 4.69) is 18.3 Å². The van der Waals surface area contributed by atoms with Crippen molar-refractivity contribution < 1.29 is 4.79 Å². The highest BCUT2D eigenvalue weighted by molar-refractivity contribution is 7.21. The van der Waals surface area contributed by atoms with Gasteiger partial charge in [-0.25, -0.2) is 4.98 Å². The molecule has 0 radical (unpaired) electrons. The summed E-state index contributed by atoms with van der Waals surface area (Å²) in [6, 6.07) is 9.19. The lowest BCUT2D eigenvalue weighted by atomic mass is 9.87. The van der Waals surface area contributed by atoms with Crippen LogP contribution in [0.3, 0.4) is 0 Å². The van der Waals surface area contributed by atoms with E-state index in [-0.39, 0.29) is 5.91 Å². The first-order valence-corrected chi connectivity index (χ1v) is 9.48. The van der Waals surface area contributed by atoms with Gasteiger partial charge in [0.05, 0.1) is 5.69 Å². The summed E-state index contributed by atoms with van der Waals surface area (Å²) in [5.74, 6) is 0.436. The number of carbonyl (C=O) groups is 1. The number of halogens is 1. The summed E-state index contributed by atoms with van der Waals surface area (Å²) in [6.45, 7) is 2.26. The maximum atomic E-state index is 12.6.